The molecule has 0 unspecified atom stereocenters. The first-order valence-electron chi connectivity index (χ1n) is 9.51. The van der Waals surface area contributed by atoms with Gasteiger partial charge >= 0.3 is 0 Å². The van der Waals surface area contributed by atoms with Gasteiger partial charge in [-0.25, -0.2) is 0 Å². The third kappa shape index (κ3) is 2.16. The van der Waals surface area contributed by atoms with Crippen molar-refractivity contribution in [2.75, 3.05) is 13.7 Å². The van der Waals surface area contributed by atoms with Crippen LogP contribution in [-0.4, -0.2) is 36.8 Å². The van der Waals surface area contributed by atoms with Gasteiger partial charge in [0.25, 0.3) is 11.8 Å². The Morgan fingerprint density at radius 2 is 1.81 bits per heavy atom. The monoisotopic (exact) mass is 366 g/mol. The van der Waals surface area contributed by atoms with Crippen molar-refractivity contribution in [1.82, 2.24) is 5.01 Å². The summed E-state index contributed by atoms with van der Waals surface area (Å²) in [4.78, 5) is 25.8. The van der Waals surface area contributed by atoms with E-state index in [1.165, 1.54) is 6.21 Å². The molecule has 1 saturated heterocycles. The Hall–Kier alpha value is -2.63. The number of allylic oxidation sites excluding steroid dienone is 2. The number of amides is 2. The molecule has 1 heterocycles. The Morgan fingerprint density at radius 1 is 1.15 bits per heavy atom. The van der Waals surface area contributed by atoms with Crippen molar-refractivity contribution in [3.63, 3.8) is 0 Å². The van der Waals surface area contributed by atoms with E-state index in [1.807, 2.05) is 13.0 Å². The Morgan fingerprint density at radius 3 is 2.37 bits per heavy atom. The van der Waals surface area contributed by atoms with Gasteiger partial charge < -0.3 is 9.47 Å². The second kappa shape index (κ2) is 5.68. The van der Waals surface area contributed by atoms with Crippen molar-refractivity contribution in [3.05, 3.63) is 35.9 Å². The summed E-state index contributed by atoms with van der Waals surface area (Å²) in [5.41, 5.74) is 0.951. The van der Waals surface area contributed by atoms with Crippen molar-refractivity contribution in [2.24, 2.45) is 34.2 Å². The minimum atomic E-state index is -0.220. The Bertz CT molecular complexity index is 852. The van der Waals surface area contributed by atoms with Gasteiger partial charge in [0.15, 0.2) is 11.5 Å². The predicted molar refractivity (Wildman–Crippen MR) is 98.4 cm³/mol. The highest BCUT2D eigenvalue weighted by atomic mass is 16.5. The van der Waals surface area contributed by atoms with E-state index in [1.54, 1.807) is 19.2 Å². The lowest BCUT2D eigenvalue weighted by atomic mass is 9.85. The van der Waals surface area contributed by atoms with Crippen molar-refractivity contribution >= 4 is 18.0 Å². The van der Waals surface area contributed by atoms with Gasteiger partial charge in [-0.05, 0) is 60.8 Å². The SMILES string of the molecule is CCOc1ccc(/C=N\N2C(=O)[C@@H]3[C@@H](C2=O)[C@@H]2C=C[C@H]3C23CC3)cc1OC. The molecule has 4 atom stereocenters. The summed E-state index contributed by atoms with van der Waals surface area (Å²) in [5.74, 6) is 0.935. The number of carbonyl (C=O) groups is 2. The van der Waals surface area contributed by atoms with Crippen molar-refractivity contribution in [2.45, 2.75) is 19.8 Å². The average molecular weight is 366 g/mol. The maximum absolute atomic E-state index is 12.9. The lowest BCUT2D eigenvalue weighted by molar-refractivity contribution is -0.141. The van der Waals surface area contributed by atoms with E-state index in [-0.39, 0.29) is 40.9 Å². The molecule has 1 aliphatic heterocycles. The van der Waals surface area contributed by atoms with Crippen LogP contribution in [0.4, 0.5) is 0 Å². The van der Waals surface area contributed by atoms with E-state index >= 15 is 0 Å². The molecule has 0 aromatic heterocycles. The molecule has 27 heavy (non-hydrogen) atoms. The molecule has 2 amide bonds. The molecule has 4 aliphatic rings. The second-order valence-corrected chi connectivity index (χ2v) is 7.80. The van der Waals surface area contributed by atoms with Crippen LogP contribution in [0.3, 0.4) is 0 Å². The van der Waals surface area contributed by atoms with Gasteiger partial charge in [0, 0.05) is 0 Å². The maximum Gasteiger partial charge on any atom is 0.254 e. The molecule has 5 rings (SSSR count). The highest BCUT2D eigenvalue weighted by molar-refractivity contribution is 6.07. The number of hydrogen-bond donors (Lipinski definition) is 0. The van der Waals surface area contributed by atoms with Crippen LogP contribution >= 0.6 is 0 Å². The van der Waals surface area contributed by atoms with E-state index < -0.39 is 0 Å². The molecule has 6 heteroatoms. The van der Waals surface area contributed by atoms with Crippen LogP contribution in [0.25, 0.3) is 0 Å². The quantitative estimate of drug-likeness (QED) is 0.456. The lowest BCUT2D eigenvalue weighted by Crippen LogP contribution is -2.30. The van der Waals surface area contributed by atoms with Crippen molar-refractivity contribution in [3.8, 4) is 11.5 Å². The van der Waals surface area contributed by atoms with Gasteiger partial charge in [0.2, 0.25) is 0 Å². The number of nitrogens with zero attached hydrogens (tertiary/aromatic N) is 2. The minimum absolute atomic E-state index is 0.151. The summed E-state index contributed by atoms with van der Waals surface area (Å²) in [7, 11) is 1.57. The van der Waals surface area contributed by atoms with Gasteiger partial charge in [0.1, 0.15) is 0 Å². The Balaban J connectivity index is 1.38. The first-order valence-corrected chi connectivity index (χ1v) is 9.51. The van der Waals surface area contributed by atoms with Gasteiger partial charge in [0.05, 0.1) is 31.8 Å². The molecule has 0 radical (unpaired) electrons. The summed E-state index contributed by atoms with van der Waals surface area (Å²) < 4.78 is 10.8. The molecule has 1 aromatic carbocycles. The number of fused-ring (bicyclic) bond motifs is 3. The number of hydrogen-bond acceptors (Lipinski definition) is 5. The summed E-state index contributed by atoms with van der Waals surface area (Å²) in [6, 6.07) is 5.41. The molecule has 140 valence electrons. The number of benzene rings is 1. The van der Waals surface area contributed by atoms with Crippen LogP contribution in [0.5, 0.6) is 11.5 Å². The van der Waals surface area contributed by atoms with E-state index in [0.29, 0.717) is 18.1 Å². The first kappa shape index (κ1) is 16.5. The van der Waals surface area contributed by atoms with Crippen LogP contribution in [0.15, 0.2) is 35.5 Å². The molecule has 1 aromatic rings. The molecular weight excluding hydrogens is 344 g/mol. The fourth-order valence-corrected chi connectivity index (χ4v) is 5.34. The highest BCUT2D eigenvalue weighted by Gasteiger charge is 2.73. The smallest absolute Gasteiger partial charge is 0.254 e. The van der Waals surface area contributed by atoms with Gasteiger partial charge in [-0.3, -0.25) is 9.59 Å². The molecule has 6 nitrogen and oxygen atoms in total. The number of methoxy groups -OCH3 is 1. The van der Waals surface area contributed by atoms with Crippen LogP contribution in [-0.2, 0) is 9.59 Å². The molecule has 2 saturated carbocycles. The lowest BCUT2D eigenvalue weighted by Gasteiger charge is -2.18. The maximum atomic E-state index is 12.9. The van der Waals surface area contributed by atoms with E-state index in [9.17, 15) is 9.59 Å². The summed E-state index contributed by atoms with van der Waals surface area (Å²) in [6.45, 7) is 2.45. The molecular formula is C21H22N2O4. The molecule has 0 N–H and O–H groups in total. The number of imide groups is 1. The third-order valence-corrected chi connectivity index (χ3v) is 6.64. The van der Waals surface area contributed by atoms with Crippen LogP contribution in [0.2, 0.25) is 0 Å². The van der Waals surface area contributed by atoms with Crippen LogP contribution in [0, 0.1) is 29.1 Å². The minimum Gasteiger partial charge on any atom is -0.493 e. The van der Waals surface area contributed by atoms with Gasteiger partial charge in [-0.2, -0.15) is 10.1 Å². The van der Waals surface area contributed by atoms with Gasteiger partial charge in [-0.1, -0.05) is 12.2 Å². The molecule has 3 aliphatic carbocycles. The Labute approximate surface area is 157 Å². The number of hydrazone groups is 1. The largest absolute Gasteiger partial charge is 0.493 e. The van der Waals surface area contributed by atoms with E-state index in [4.69, 9.17) is 9.47 Å². The van der Waals surface area contributed by atoms with Crippen molar-refractivity contribution in [1.29, 1.82) is 0 Å². The average Bonchev–Trinajstić information content (AvgIpc) is 3.28. The van der Waals surface area contributed by atoms with Crippen LogP contribution < -0.4 is 9.47 Å². The fraction of sp³-hybridized carbons (Fsp3) is 0.476. The normalized spacial score (nSPS) is 32.0. The highest BCUT2D eigenvalue weighted by Crippen LogP contribution is 2.73. The van der Waals surface area contributed by atoms with Gasteiger partial charge in [-0.15, -0.1) is 0 Å². The standard InChI is InChI=1S/C21H22N2O4/c1-3-27-15-7-4-12(10-16(15)26-2)11-22-23-19(24)17-13-5-6-14(18(17)20(23)25)21(13)8-9-21/h4-7,10-11,13-14,17-18H,3,8-9H2,1-2H3/b22-11-/t13-,14+,17-,18-/m0/s1. The summed E-state index contributed by atoms with van der Waals surface area (Å²) in [6.07, 6.45) is 8.14. The molecule has 1 spiro atoms. The summed E-state index contributed by atoms with van der Waals surface area (Å²) in [5, 5.41) is 5.32. The third-order valence-electron chi connectivity index (χ3n) is 6.64. The fourth-order valence-electron chi connectivity index (χ4n) is 5.34. The number of rotatable bonds is 5. The number of carbonyl (C=O) groups excluding carboxylic acids is 2. The first-order chi connectivity index (χ1) is 13.1. The molecule has 2 bridgehead atoms. The summed E-state index contributed by atoms with van der Waals surface area (Å²) >= 11 is 0. The number of ether oxygens (including phenoxy) is 2. The zero-order chi connectivity index (χ0) is 18.8. The zero-order valence-corrected chi connectivity index (χ0v) is 15.4. The predicted octanol–water partition coefficient (Wildman–Crippen LogP) is 2.63. The molecule has 3 fully saturated rings. The second-order valence-electron chi connectivity index (χ2n) is 7.80. The Kier molecular flexibility index (Phi) is 3.48. The van der Waals surface area contributed by atoms with Crippen molar-refractivity contribution < 1.29 is 19.1 Å². The van der Waals surface area contributed by atoms with E-state index in [0.717, 1.165) is 23.4 Å². The van der Waals surface area contributed by atoms with E-state index in [2.05, 4.69) is 17.3 Å². The van der Waals surface area contributed by atoms with Crippen LogP contribution in [0.1, 0.15) is 25.3 Å². The zero-order valence-electron chi connectivity index (χ0n) is 15.4. The topological polar surface area (TPSA) is 68.2 Å².